The highest BCUT2D eigenvalue weighted by Gasteiger charge is 2.15. The van der Waals surface area contributed by atoms with Gasteiger partial charge in [-0.15, -0.1) is 0 Å². The van der Waals surface area contributed by atoms with E-state index in [0.29, 0.717) is 5.82 Å². The average molecular weight is 397 g/mol. The van der Waals surface area contributed by atoms with Crippen LogP contribution in [0.25, 0.3) is 0 Å². The van der Waals surface area contributed by atoms with E-state index in [4.69, 9.17) is 0 Å². The van der Waals surface area contributed by atoms with Crippen LogP contribution in [0.3, 0.4) is 0 Å². The Labute approximate surface area is 166 Å². The summed E-state index contributed by atoms with van der Waals surface area (Å²) in [6.07, 6.45) is 6.13. The summed E-state index contributed by atoms with van der Waals surface area (Å²) in [4.78, 5) is 10.6. The molecule has 146 valence electrons. The highest BCUT2D eigenvalue weighted by atomic mass is 32.2. The molecule has 2 heterocycles. The number of rotatable bonds is 7. The van der Waals surface area contributed by atoms with Crippen LogP contribution in [0.15, 0.2) is 66.0 Å². The molecule has 6 nitrogen and oxygen atoms in total. The van der Waals surface area contributed by atoms with Gasteiger partial charge in [-0.25, -0.2) is 13.4 Å². The van der Waals surface area contributed by atoms with Crippen molar-refractivity contribution < 1.29 is 8.42 Å². The summed E-state index contributed by atoms with van der Waals surface area (Å²) in [5, 5.41) is 0. The molecule has 0 fully saturated rings. The smallest absolute Gasteiger partial charge is 0.263 e. The largest absolute Gasteiger partial charge is 0.373 e. The van der Waals surface area contributed by atoms with Crippen LogP contribution < -0.4 is 9.62 Å². The summed E-state index contributed by atoms with van der Waals surface area (Å²) >= 11 is 0. The molecule has 0 aliphatic rings. The van der Waals surface area contributed by atoms with E-state index >= 15 is 0 Å². The Morgan fingerprint density at radius 1 is 1.00 bits per heavy atom. The van der Waals surface area contributed by atoms with Gasteiger partial charge in [0, 0.05) is 26.0 Å². The van der Waals surface area contributed by atoms with Crippen molar-refractivity contribution in [2.45, 2.75) is 25.2 Å². The number of anilines is 2. The second kappa shape index (κ2) is 8.39. The lowest BCUT2D eigenvalue weighted by molar-refractivity contribution is 0.601. The molecule has 28 heavy (non-hydrogen) atoms. The van der Waals surface area contributed by atoms with Crippen LogP contribution in [-0.4, -0.2) is 32.0 Å². The molecule has 0 saturated heterocycles. The summed E-state index contributed by atoms with van der Waals surface area (Å²) in [6, 6.07) is 12.6. The molecule has 0 radical (unpaired) electrons. The lowest BCUT2D eigenvalue weighted by Crippen LogP contribution is -2.20. The maximum absolute atomic E-state index is 12.6. The number of likely N-dealkylation sites (N-methyl/N-ethyl adjacent to an activating group) is 1. The van der Waals surface area contributed by atoms with Crippen molar-refractivity contribution >= 4 is 21.5 Å². The van der Waals surface area contributed by atoms with Crippen molar-refractivity contribution in [3.63, 3.8) is 0 Å². The summed E-state index contributed by atoms with van der Waals surface area (Å²) < 4.78 is 27.7. The second-order valence-corrected chi connectivity index (χ2v) is 8.46. The summed E-state index contributed by atoms with van der Waals surface area (Å²) in [5.74, 6) is 0.296. The van der Waals surface area contributed by atoms with Gasteiger partial charge in [-0.1, -0.05) is 6.07 Å². The molecular formula is C21H24N4O2S. The van der Waals surface area contributed by atoms with Crippen LogP contribution in [0.5, 0.6) is 0 Å². The van der Waals surface area contributed by atoms with Crippen LogP contribution in [0.4, 0.5) is 11.5 Å². The summed E-state index contributed by atoms with van der Waals surface area (Å²) in [7, 11) is -1.68. The quantitative estimate of drug-likeness (QED) is 0.661. The van der Waals surface area contributed by atoms with Crippen molar-refractivity contribution in [2.75, 3.05) is 23.2 Å². The number of aryl methyl sites for hydroxylation is 2. The first kappa shape index (κ1) is 19.8. The highest BCUT2D eigenvalue weighted by molar-refractivity contribution is 7.92. The van der Waals surface area contributed by atoms with Crippen molar-refractivity contribution in [3.05, 3.63) is 77.7 Å². The van der Waals surface area contributed by atoms with E-state index in [9.17, 15) is 8.42 Å². The zero-order valence-electron chi connectivity index (χ0n) is 16.3. The van der Waals surface area contributed by atoms with Gasteiger partial charge in [0.1, 0.15) is 5.82 Å². The molecule has 3 aromatic rings. The second-order valence-electron chi connectivity index (χ2n) is 6.78. The first-order chi connectivity index (χ1) is 13.3. The third kappa shape index (κ3) is 4.86. The molecular weight excluding hydrogens is 372 g/mol. The Balaban J connectivity index is 1.65. The number of nitrogens with zero attached hydrogens (tertiary/aromatic N) is 3. The molecule has 3 rings (SSSR count). The third-order valence-corrected chi connectivity index (χ3v) is 6.05. The zero-order chi connectivity index (χ0) is 20.1. The number of nitrogens with one attached hydrogen (secondary N) is 1. The molecule has 0 atom stereocenters. The van der Waals surface area contributed by atoms with Gasteiger partial charge in [-0.3, -0.25) is 9.71 Å². The normalized spacial score (nSPS) is 11.2. The van der Waals surface area contributed by atoms with E-state index < -0.39 is 10.0 Å². The van der Waals surface area contributed by atoms with Gasteiger partial charge in [-0.2, -0.15) is 0 Å². The molecule has 2 aromatic heterocycles. The van der Waals surface area contributed by atoms with E-state index in [1.807, 2.05) is 39.1 Å². The molecule has 0 bridgehead atoms. The summed E-state index contributed by atoms with van der Waals surface area (Å²) in [5.41, 5.74) is 4.12. The Bertz CT molecular complexity index is 1040. The molecule has 0 spiro atoms. The van der Waals surface area contributed by atoms with Crippen molar-refractivity contribution in [1.82, 2.24) is 9.97 Å². The fourth-order valence-electron chi connectivity index (χ4n) is 2.73. The van der Waals surface area contributed by atoms with E-state index in [-0.39, 0.29) is 4.90 Å². The lowest BCUT2D eigenvalue weighted by Gasteiger charge is -2.19. The summed E-state index contributed by atoms with van der Waals surface area (Å²) in [6.45, 7) is 4.66. The van der Waals surface area contributed by atoms with Crippen molar-refractivity contribution in [3.8, 4) is 0 Å². The third-order valence-electron chi connectivity index (χ3n) is 4.70. The molecule has 0 amide bonds. The number of hydrogen-bond acceptors (Lipinski definition) is 5. The molecule has 0 unspecified atom stereocenters. The van der Waals surface area contributed by atoms with E-state index in [1.54, 1.807) is 42.9 Å². The van der Waals surface area contributed by atoms with E-state index in [1.165, 1.54) is 5.56 Å². The van der Waals surface area contributed by atoms with Crippen molar-refractivity contribution in [2.24, 2.45) is 0 Å². The lowest BCUT2D eigenvalue weighted by atomic mass is 10.1. The monoisotopic (exact) mass is 396 g/mol. The van der Waals surface area contributed by atoms with Gasteiger partial charge in [0.05, 0.1) is 16.8 Å². The maximum atomic E-state index is 12.6. The van der Waals surface area contributed by atoms with Crippen molar-refractivity contribution in [1.29, 1.82) is 0 Å². The molecule has 7 heteroatoms. The van der Waals surface area contributed by atoms with Gasteiger partial charge in [0.25, 0.3) is 10.0 Å². The minimum atomic E-state index is -3.66. The van der Waals surface area contributed by atoms with Gasteiger partial charge < -0.3 is 4.90 Å². The number of aromatic nitrogens is 2. The van der Waals surface area contributed by atoms with Crippen LogP contribution in [0, 0.1) is 13.8 Å². The molecule has 1 N–H and O–H groups in total. The SMILES string of the molecule is Cc1ccc(S(=O)(=O)Nc2ccc(N(C)CCc3ccncc3)cn2)cc1C. The van der Waals surface area contributed by atoms with Gasteiger partial charge >= 0.3 is 0 Å². The predicted octanol–water partition coefficient (Wildman–Crippen LogP) is 3.57. The van der Waals surface area contributed by atoms with Gasteiger partial charge in [-0.05, 0) is 73.4 Å². The average Bonchev–Trinajstić information content (AvgIpc) is 2.69. The molecule has 0 saturated carbocycles. The molecule has 0 aliphatic heterocycles. The standard InChI is InChI=1S/C21H24N4O2S/c1-16-4-6-20(14-17(16)2)28(26,27)24-21-7-5-19(15-23-21)25(3)13-10-18-8-11-22-12-9-18/h4-9,11-12,14-15H,10,13H2,1-3H3,(H,23,24). The Kier molecular flexibility index (Phi) is 5.94. The first-order valence-electron chi connectivity index (χ1n) is 9.01. The zero-order valence-corrected chi connectivity index (χ0v) is 17.1. The predicted molar refractivity (Wildman–Crippen MR) is 112 cm³/mol. The Hall–Kier alpha value is -2.93. The minimum Gasteiger partial charge on any atom is -0.373 e. The van der Waals surface area contributed by atoms with Gasteiger partial charge in [0.2, 0.25) is 0 Å². The topological polar surface area (TPSA) is 75.2 Å². The molecule has 1 aromatic carbocycles. The number of benzene rings is 1. The van der Waals surface area contributed by atoms with E-state index in [0.717, 1.165) is 29.8 Å². The number of hydrogen-bond donors (Lipinski definition) is 1. The Morgan fingerprint density at radius 2 is 1.75 bits per heavy atom. The van der Waals surface area contributed by atoms with E-state index in [2.05, 4.69) is 19.6 Å². The fourth-order valence-corrected chi connectivity index (χ4v) is 3.82. The van der Waals surface area contributed by atoms with Crippen LogP contribution in [0.1, 0.15) is 16.7 Å². The number of sulfonamides is 1. The maximum Gasteiger partial charge on any atom is 0.263 e. The fraction of sp³-hybridized carbons (Fsp3) is 0.238. The Morgan fingerprint density at radius 3 is 2.39 bits per heavy atom. The van der Waals surface area contributed by atoms with Crippen LogP contribution in [0.2, 0.25) is 0 Å². The van der Waals surface area contributed by atoms with Crippen LogP contribution >= 0.6 is 0 Å². The number of pyridine rings is 2. The highest BCUT2D eigenvalue weighted by Crippen LogP contribution is 2.19. The molecule has 0 aliphatic carbocycles. The first-order valence-corrected chi connectivity index (χ1v) is 10.5. The minimum absolute atomic E-state index is 0.232. The van der Waals surface area contributed by atoms with Gasteiger partial charge in [0.15, 0.2) is 0 Å². The van der Waals surface area contributed by atoms with Crippen LogP contribution in [-0.2, 0) is 16.4 Å².